The first-order chi connectivity index (χ1) is 11.1. The lowest BCUT2D eigenvalue weighted by atomic mass is 10.0. The lowest BCUT2D eigenvalue weighted by molar-refractivity contribution is -0.124. The number of nitrogens with zero attached hydrogens (tertiary/aromatic N) is 1. The number of carbonyl (C=O) groups excluding carboxylic acids is 1. The lowest BCUT2D eigenvalue weighted by Gasteiger charge is -2.18. The summed E-state index contributed by atoms with van der Waals surface area (Å²) in [7, 11) is 0. The second-order valence-corrected chi connectivity index (χ2v) is 5.89. The van der Waals surface area contributed by atoms with Crippen LogP contribution in [-0.4, -0.2) is 23.5 Å². The second-order valence-electron chi connectivity index (χ2n) is 5.89. The molecular formula is C18H19FN2O2. The number of hydrogen-bond acceptors (Lipinski definition) is 3. The molecule has 1 aliphatic carbocycles. The molecule has 1 aliphatic rings. The van der Waals surface area contributed by atoms with Crippen molar-refractivity contribution in [3.8, 4) is 5.75 Å². The monoisotopic (exact) mass is 314 g/mol. The summed E-state index contributed by atoms with van der Waals surface area (Å²) in [4.78, 5) is 16.8. The minimum Gasteiger partial charge on any atom is -0.489 e. The Morgan fingerprint density at radius 1 is 1.35 bits per heavy atom. The molecule has 0 bridgehead atoms. The molecule has 1 fully saturated rings. The van der Waals surface area contributed by atoms with Gasteiger partial charge in [-0.25, -0.2) is 4.39 Å². The van der Waals surface area contributed by atoms with E-state index in [0.29, 0.717) is 12.3 Å². The molecule has 1 heterocycles. The predicted molar refractivity (Wildman–Crippen MR) is 84.6 cm³/mol. The van der Waals surface area contributed by atoms with Crippen LogP contribution in [0.15, 0.2) is 48.7 Å². The number of carbonyl (C=O) groups is 1. The molecule has 2 aromatic rings. The Hall–Kier alpha value is -2.43. The van der Waals surface area contributed by atoms with Gasteiger partial charge >= 0.3 is 0 Å². The largest absolute Gasteiger partial charge is 0.489 e. The highest BCUT2D eigenvalue weighted by atomic mass is 19.1. The Morgan fingerprint density at radius 3 is 2.83 bits per heavy atom. The fraction of sp³-hybridized carbons (Fsp3) is 0.333. The summed E-state index contributed by atoms with van der Waals surface area (Å²) in [5.74, 6) is 0.0920. The number of benzene rings is 1. The van der Waals surface area contributed by atoms with Gasteiger partial charge < -0.3 is 10.1 Å². The first-order valence-electron chi connectivity index (χ1n) is 7.72. The van der Waals surface area contributed by atoms with E-state index in [1.165, 1.54) is 12.1 Å². The van der Waals surface area contributed by atoms with Crippen LogP contribution in [0.2, 0.25) is 0 Å². The van der Waals surface area contributed by atoms with Crippen molar-refractivity contribution in [3.63, 3.8) is 0 Å². The minimum absolute atomic E-state index is 0.0223. The van der Waals surface area contributed by atoms with Gasteiger partial charge in [-0.3, -0.25) is 9.78 Å². The summed E-state index contributed by atoms with van der Waals surface area (Å²) in [6, 6.07) is 11.6. The van der Waals surface area contributed by atoms with Crippen molar-refractivity contribution in [2.45, 2.75) is 31.3 Å². The van der Waals surface area contributed by atoms with Crippen molar-refractivity contribution in [2.75, 3.05) is 6.54 Å². The zero-order valence-electron chi connectivity index (χ0n) is 13.0. The second kappa shape index (κ2) is 6.36. The molecule has 1 amide bonds. The van der Waals surface area contributed by atoms with Crippen LogP contribution in [0.1, 0.15) is 25.5 Å². The van der Waals surface area contributed by atoms with E-state index >= 15 is 0 Å². The summed E-state index contributed by atoms with van der Waals surface area (Å²) in [5.41, 5.74) is 0.330. The zero-order chi connectivity index (χ0) is 16.3. The fourth-order valence-electron chi connectivity index (χ4n) is 2.59. The number of ether oxygens (including phenoxy) is 1. The summed E-state index contributed by atoms with van der Waals surface area (Å²) in [5, 5.41) is 2.92. The summed E-state index contributed by atoms with van der Waals surface area (Å²) >= 11 is 0. The molecule has 0 spiro atoms. The third kappa shape index (κ3) is 3.50. The fourth-order valence-corrected chi connectivity index (χ4v) is 2.59. The molecule has 0 saturated heterocycles. The molecule has 1 saturated carbocycles. The van der Waals surface area contributed by atoms with E-state index < -0.39 is 5.41 Å². The first-order valence-corrected chi connectivity index (χ1v) is 7.72. The van der Waals surface area contributed by atoms with Gasteiger partial charge in [0.2, 0.25) is 5.91 Å². The summed E-state index contributed by atoms with van der Waals surface area (Å²) in [6.07, 6.45) is 3.09. The molecule has 1 aromatic heterocycles. The average molecular weight is 314 g/mol. The highest BCUT2D eigenvalue weighted by Crippen LogP contribution is 2.47. The van der Waals surface area contributed by atoms with Crippen LogP contribution in [0.3, 0.4) is 0 Å². The molecule has 0 unspecified atom stereocenters. The molecule has 0 radical (unpaired) electrons. The highest BCUT2D eigenvalue weighted by Gasteiger charge is 2.52. The van der Waals surface area contributed by atoms with E-state index in [9.17, 15) is 9.18 Å². The summed E-state index contributed by atoms with van der Waals surface area (Å²) < 4.78 is 18.7. The smallest absolute Gasteiger partial charge is 0.232 e. The molecule has 5 heteroatoms. The van der Waals surface area contributed by atoms with Gasteiger partial charge in [-0.05, 0) is 44.0 Å². The van der Waals surface area contributed by atoms with Crippen LogP contribution in [0.5, 0.6) is 5.75 Å². The van der Waals surface area contributed by atoms with Gasteiger partial charge in [0.05, 0.1) is 17.7 Å². The van der Waals surface area contributed by atoms with Crippen molar-refractivity contribution < 1.29 is 13.9 Å². The van der Waals surface area contributed by atoms with E-state index in [1.54, 1.807) is 18.3 Å². The standard InChI is InChI=1S/C18H19FN2O2/c1-13(23-15-6-4-5-14(19)11-15)12-21-17(22)18(8-9-18)16-7-2-3-10-20-16/h2-7,10-11,13H,8-9,12H2,1H3,(H,21,22)/t13-/m1/s1. The van der Waals surface area contributed by atoms with Crippen LogP contribution >= 0.6 is 0 Å². The summed E-state index contributed by atoms with van der Waals surface area (Å²) in [6.45, 7) is 2.20. The Bertz CT molecular complexity index is 686. The highest BCUT2D eigenvalue weighted by molar-refractivity contribution is 5.90. The SMILES string of the molecule is C[C@H](CNC(=O)C1(c2ccccn2)CC1)Oc1cccc(F)c1. The number of pyridine rings is 1. The van der Waals surface area contributed by atoms with E-state index in [2.05, 4.69) is 10.3 Å². The van der Waals surface area contributed by atoms with E-state index in [0.717, 1.165) is 18.5 Å². The quantitative estimate of drug-likeness (QED) is 0.892. The van der Waals surface area contributed by atoms with Crippen LogP contribution in [0.25, 0.3) is 0 Å². The first kappa shape index (κ1) is 15.5. The molecular weight excluding hydrogens is 295 g/mol. The maximum absolute atomic E-state index is 13.1. The minimum atomic E-state index is -0.486. The average Bonchev–Trinajstić information content (AvgIpc) is 3.35. The van der Waals surface area contributed by atoms with Crippen molar-refractivity contribution in [1.82, 2.24) is 10.3 Å². The molecule has 4 nitrogen and oxygen atoms in total. The van der Waals surface area contributed by atoms with Gasteiger partial charge in [-0.15, -0.1) is 0 Å². The number of aromatic nitrogens is 1. The number of rotatable bonds is 6. The zero-order valence-corrected chi connectivity index (χ0v) is 13.0. The van der Waals surface area contributed by atoms with Gasteiger partial charge in [-0.2, -0.15) is 0 Å². The number of halogens is 1. The third-order valence-corrected chi connectivity index (χ3v) is 4.02. The number of amides is 1. The molecule has 3 rings (SSSR count). The molecule has 23 heavy (non-hydrogen) atoms. The Balaban J connectivity index is 1.55. The topological polar surface area (TPSA) is 51.2 Å². The molecule has 120 valence electrons. The van der Waals surface area contributed by atoms with Crippen molar-refractivity contribution >= 4 is 5.91 Å². The van der Waals surface area contributed by atoms with Crippen LogP contribution in [-0.2, 0) is 10.2 Å². The lowest BCUT2D eigenvalue weighted by Crippen LogP contribution is -2.40. The predicted octanol–water partition coefficient (Wildman–Crippen LogP) is 2.84. The molecule has 1 N–H and O–H groups in total. The van der Waals surface area contributed by atoms with Gasteiger partial charge in [-0.1, -0.05) is 12.1 Å². The third-order valence-electron chi connectivity index (χ3n) is 4.02. The van der Waals surface area contributed by atoms with Gasteiger partial charge in [0.1, 0.15) is 17.7 Å². The van der Waals surface area contributed by atoms with Crippen molar-refractivity contribution in [1.29, 1.82) is 0 Å². The van der Waals surface area contributed by atoms with Crippen LogP contribution in [0, 0.1) is 5.82 Å². The maximum Gasteiger partial charge on any atom is 0.232 e. The van der Waals surface area contributed by atoms with Crippen LogP contribution in [0.4, 0.5) is 4.39 Å². The van der Waals surface area contributed by atoms with E-state index in [4.69, 9.17) is 4.74 Å². The van der Waals surface area contributed by atoms with Gasteiger partial charge in [0, 0.05) is 12.3 Å². The van der Waals surface area contributed by atoms with E-state index in [-0.39, 0.29) is 17.8 Å². The van der Waals surface area contributed by atoms with Crippen molar-refractivity contribution in [3.05, 3.63) is 60.2 Å². The number of nitrogens with one attached hydrogen (secondary N) is 1. The Kier molecular flexibility index (Phi) is 4.28. The van der Waals surface area contributed by atoms with Crippen LogP contribution < -0.4 is 10.1 Å². The molecule has 1 aromatic carbocycles. The van der Waals surface area contributed by atoms with E-state index in [1.807, 2.05) is 25.1 Å². The van der Waals surface area contributed by atoms with Gasteiger partial charge in [0.25, 0.3) is 0 Å². The van der Waals surface area contributed by atoms with Gasteiger partial charge in [0.15, 0.2) is 0 Å². The molecule has 0 aliphatic heterocycles. The number of hydrogen-bond donors (Lipinski definition) is 1. The normalized spacial score (nSPS) is 16.4. The molecule has 1 atom stereocenters. The maximum atomic E-state index is 13.1. The van der Waals surface area contributed by atoms with Crippen molar-refractivity contribution in [2.24, 2.45) is 0 Å². The Morgan fingerprint density at radius 2 is 2.17 bits per heavy atom. The Labute approximate surface area is 134 Å².